The maximum absolute atomic E-state index is 11.1. The van der Waals surface area contributed by atoms with Crippen molar-refractivity contribution < 1.29 is 15.5 Å². The molecule has 0 saturated carbocycles. The third-order valence-electron chi connectivity index (χ3n) is 1.69. The lowest BCUT2D eigenvalue weighted by Crippen LogP contribution is -2.42. The molecule has 0 spiro atoms. The SMILES string of the molecule is N=c1c(=O)n(O)c(NCCO)c(N)n1O. The van der Waals surface area contributed by atoms with Crippen LogP contribution in [0.15, 0.2) is 4.79 Å². The van der Waals surface area contributed by atoms with Gasteiger partial charge >= 0.3 is 5.56 Å². The Labute approximate surface area is 83.0 Å². The van der Waals surface area contributed by atoms with Gasteiger partial charge in [0.1, 0.15) is 0 Å². The van der Waals surface area contributed by atoms with E-state index in [9.17, 15) is 10.0 Å². The van der Waals surface area contributed by atoms with E-state index < -0.39 is 16.9 Å². The zero-order valence-corrected chi connectivity index (χ0v) is 7.64. The van der Waals surface area contributed by atoms with E-state index in [1.54, 1.807) is 0 Å². The van der Waals surface area contributed by atoms with E-state index in [4.69, 9.17) is 21.5 Å². The predicted octanol–water partition coefficient (Wildman–Crippen LogP) is -2.41. The van der Waals surface area contributed by atoms with Gasteiger partial charge in [0.05, 0.1) is 6.61 Å². The molecule has 15 heavy (non-hydrogen) atoms. The van der Waals surface area contributed by atoms with Crippen molar-refractivity contribution in [2.75, 3.05) is 24.2 Å². The van der Waals surface area contributed by atoms with Crippen LogP contribution in [-0.2, 0) is 0 Å². The van der Waals surface area contributed by atoms with Gasteiger partial charge in [-0.25, -0.2) is 0 Å². The smallest absolute Gasteiger partial charge is 0.330 e. The number of aromatic nitrogens is 2. The topological polar surface area (TPSA) is 150 Å². The van der Waals surface area contributed by atoms with E-state index in [2.05, 4.69) is 5.32 Å². The number of aliphatic hydroxyl groups is 1. The number of anilines is 2. The summed E-state index contributed by atoms with van der Waals surface area (Å²) in [5, 5.41) is 36.4. The van der Waals surface area contributed by atoms with Gasteiger partial charge < -0.3 is 26.6 Å². The molecule has 1 aromatic rings. The molecule has 9 nitrogen and oxygen atoms in total. The zero-order chi connectivity index (χ0) is 11.6. The molecule has 0 bridgehead atoms. The van der Waals surface area contributed by atoms with E-state index in [1.165, 1.54) is 0 Å². The highest BCUT2D eigenvalue weighted by molar-refractivity contribution is 5.56. The zero-order valence-electron chi connectivity index (χ0n) is 7.64. The molecule has 84 valence electrons. The van der Waals surface area contributed by atoms with Crippen molar-refractivity contribution in [2.45, 2.75) is 0 Å². The summed E-state index contributed by atoms with van der Waals surface area (Å²) >= 11 is 0. The summed E-state index contributed by atoms with van der Waals surface area (Å²) in [7, 11) is 0. The lowest BCUT2D eigenvalue weighted by Gasteiger charge is -2.12. The predicted molar refractivity (Wildman–Crippen MR) is 48.9 cm³/mol. The number of rotatable bonds is 3. The van der Waals surface area contributed by atoms with Gasteiger partial charge in [-0.15, -0.1) is 9.46 Å². The van der Waals surface area contributed by atoms with E-state index in [0.717, 1.165) is 0 Å². The first kappa shape index (κ1) is 10.9. The van der Waals surface area contributed by atoms with Gasteiger partial charge in [-0.2, -0.15) is 0 Å². The molecule has 1 heterocycles. The van der Waals surface area contributed by atoms with E-state index in [1.807, 2.05) is 0 Å². The Hall–Kier alpha value is -2.16. The molecule has 0 fully saturated rings. The van der Waals surface area contributed by atoms with Gasteiger partial charge in [-0.3, -0.25) is 10.2 Å². The molecule has 0 radical (unpaired) electrons. The fourth-order valence-corrected chi connectivity index (χ4v) is 0.961. The Morgan fingerprint density at radius 1 is 1.40 bits per heavy atom. The maximum atomic E-state index is 11.1. The number of nitrogens with zero attached hydrogens (tertiary/aromatic N) is 2. The molecule has 7 N–H and O–H groups in total. The average Bonchev–Trinajstić information content (AvgIpc) is 2.24. The van der Waals surface area contributed by atoms with Gasteiger partial charge in [0.25, 0.3) is 0 Å². The Morgan fingerprint density at radius 2 is 2.00 bits per heavy atom. The summed E-state index contributed by atoms with van der Waals surface area (Å²) in [6.45, 7) is -0.219. The molecule has 9 heteroatoms. The van der Waals surface area contributed by atoms with Crippen LogP contribution in [0, 0.1) is 5.41 Å². The highest BCUT2D eigenvalue weighted by atomic mass is 16.5. The number of hydrogen-bond acceptors (Lipinski definition) is 7. The molecule has 1 rings (SSSR count). The summed E-state index contributed by atoms with van der Waals surface area (Å²) in [6, 6.07) is 0. The number of aliphatic hydroxyl groups excluding tert-OH is 1. The summed E-state index contributed by atoms with van der Waals surface area (Å²) in [5.41, 5.74) is 3.32. The number of hydrogen-bond donors (Lipinski definition) is 6. The minimum atomic E-state index is -1.13. The van der Waals surface area contributed by atoms with Crippen molar-refractivity contribution in [1.29, 1.82) is 5.41 Å². The molecular formula is C6H11N5O4. The van der Waals surface area contributed by atoms with Crippen LogP contribution in [0.1, 0.15) is 0 Å². The maximum Gasteiger partial charge on any atom is 0.330 e. The summed E-state index contributed by atoms with van der Waals surface area (Å²) < 4.78 is 0.231. The Balaban J connectivity index is 3.39. The molecule has 0 aliphatic heterocycles. The van der Waals surface area contributed by atoms with E-state index in [-0.39, 0.29) is 28.4 Å². The van der Waals surface area contributed by atoms with Crippen molar-refractivity contribution in [3.8, 4) is 0 Å². The van der Waals surface area contributed by atoms with Crippen molar-refractivity contribution in [2.24, 2.45) is 0 Å². The fourth-order valence-electron chi connectivity index (χ4n) is 0.961. The first-order valence-corrected chi connectivity index (χ1v) is 3.96. The van der Waals surface area contributed by atoms with Crippen LogP contribution < -0.4 is 22.1 Å². The van der Waals surface area contributed by atoms with Crippen molar-refractivity contribution in [1.82, 2.24) is 9.46 Å². The molecule has 1 aromatic heterocycles. The van der Waals surface area contributed by atoms with Crippen LogP contribution in [0.25, 0.3) is 0 Å². The minimum Gasteiger partial charge on any atom is -0.425 e. The molecule has 0 aromatic carbocycles. The second-order valence-corrected chi connectivity index (χ2v) is 2.66. The minimum absolute atomic E-state index is 0.0293. The standard InChI is InChI=1S/C6H11N5O4/c7-3-5(9-1-2-12)11(15)6(13)4(8)10(3)14/h8-9,12,14-15H,1-2,7H2. The van der Waals surface area contributed by atoms with E-state index in [0.29, 0.717) is 0 Å². The molecule has 0 unspecified atom stereocenters. The van der Waals surface area contributed by atoms with Crippen LogP contribution in [0.3, 0.4) is 0 Å². The molecule has 0 aliphatic carbocycles. The number of nitrogens with two attached hydrogens (primary N) is 1. The van der Waals surface area contributed by atoms with Gasteiger partial charge in [0.2, 0.25) is 5.49 Å². The van der Waals surface area contributed by atoms with Gasteiger partial charge in [-0.1, -0.05) is 0 Å². The molecule has 0 amide bonds. The van der Waals surface area contributed by atoms with Crippen LogP contribution in [0.2, 0.25) is 0 Å². The highest BCUT2D eigenvalue weighted by Gasteiger charge is 2.13. The molecule has 0 aliphatic rings. The van der Waals surface area contributed by atoms with Crippen LogP contribution >= 0.6 is 0 Å². The highest BCUT2D eigenvalue weighted by Crippen LogP contribution is 2.10. The normalized spacial score (nSPS) is 10.2. The second kappa shape index (κ2) is 3.92. The number of nitrogen functional groups attached to an aromatic ring is 1. The Kier molecular flexibility index (Phi) is 2.85. The Bertz CT molecular complexity index is 476. The van der Waals surface area contributed by atoms with E-state index >= 15 is 0 Å². The summed E-state index contributed by atoms with van der Waals surface area (Å²) in [6.07, 6.45) is 0. The third-order valence-corrected chi connectivity index (χ3v) is 1.69. The third kappa shape index (κ3) is 1.72. The quantitative estimate of drug-likeness (QED) is 0.310. The second-order valence-electron chi connectivity index (χ2n) is 2.66. The molecule has 0 atom stereocenters. The van der Waals surface area contributed by atoms with Crippen molar-refractivity contribution >= 4 is 11.6 Å². The van der Waals surface area contributed by atoms with Crippen molar-refractivity contribution in [3.63, 3.8) is 0 Å². The van der Waals surface area contributed by atoms with Gasteiger partial charge in [-0.05, 0) is 0 Å². The Morgan fingerprint density at radius 3 is 2.53 bits per heavy atom. The van der Waals surface area contributed by atoms with Crippen molar-refractivity contribution in [3.05, 3.63) is 15.8 Å². The van der Waals surface area contributed by atoms with Crippen LogP contribution in [-0.4, -0.2) is 38.1 Å². The lowest BCUT2D eigenvalue weighted by molar-refractivity contribution is 0.143. The first-order valence-electron chi connectivity index (χ1n) is 3.96. The first-order chi connectivity index (χ1) is 7.00. The molecule has 0 saturated heterocycles. The lowest BCUT2D eigenvalue weighted by atomic mass is 10.5. The largest absolute Gasteiger partial charge is 0.425 e. The van der Waals surface area contributed by atoms with Gasteiger partial charge in [0.15, 0.2) is 11.6 Å². The number of nitrogens with one attached hydrogen (secondary N) is 2. The summed E-state index contributed by atoms with van der Waals surface area (Å²) in [5.74, 6) is -0.692. The fraction of sp³-hybridized carbons (Fsp3) is 0.333. The van der Waals surface area contributed by atoms with Crippen LogP contribution in [0.4, 0.5) is 11.6 Å². The molecular weight excluding hydrogens is 206 g/mol. The average molecular weight is 217 g/mol. The summed E-state index contributed by atoms with van der Waals surface area (Å²) in [4.78, 5) is 11.1. The van der Waals surface area contributed by atoms with Crippen LogP contribution in [0.5, 0.6) is 0 Å². The monoisotopic (exact) mass is 217 g/mol. The van der Waals surface area contributed by atoms with Gasteiger partial charge in [0, 0.05) is 6.54 Å².